The zero-order valence-electron chi connectivity index (χ0n) is 18.6. The van der Waals surface area contributed by atoms with Crippen molar-refractivity contribution in [1.82, 2.24) is 24.5 Å². The summed E-state index contributed by atoms with van der Waals surface area (Å²) in [5.41, 5.74) is 1.69. The normalized spacial score (nSPS) is 10.8. The van der Waals surface area contributed by atoms with Gasteiger partial charge in [-0.1, -0.05) is 30.0 Å². The number of ether oxygens (including phenoxy) is 2. The smallest absolute Gasteiger partial charge is 0.236 e. The number of aromatic nitrogens is 5. The van der Waals surface area contributed by atoms with Gasteiger partial charge in [0.25, 0.3) is 0 Å². The summed E-state index contributed by atoms with van der Waals surface area (Å²) in [4.78, 5) is 12.6. The number of para-hydroxylation sites is 1. The van der Waals surface area contributed by atoms with Crippen molar-refractivity contribution < 1.29 is 14.3 Å². The number of anilines is 1. The highest BCUT2D eigenvalue weighted by Crippen LogP contribution is 2.21. The van der Waals surface area contributed by atoms with E-state index in [1.807, 2.05) is 79.2 Å². The Bertz CT molecular complexity index is 1220. The Hall–Kier alpha value is -3.79. The molecule has 1 N–H and O–H groups in total. The number of benzene rings is 2. The van der Waals surface area contributed by atoms with E-state index in [0.717, 1.165) is 17.1 Å². The molecule has 0 bridgehead atoms. The number of carbonyl (C=O) groups is 1. The first kappa shape index (κ1) is 22.4. The van der Waals surface area contributed by atoms with Crippen molar-refractivity contribution in [1.29, 1.82) is 0 Å². The molecular weight excluding hydrogens is 440 g/mol. The lowest BCUT2D eigenvalue weighted by Crippen LogP contribution is -2.17. The Balaban J connectivity index is 1.33. The first-order valence-electron chi connectivity index (χ1n) is 10.2. The number of amides is 1. The summed E-state index contributed by atoms with van der Waals surface area (Å²) >= 11 is 1.31. The SMILES string of the molecule is COc1ccc(OCc2nnc(SCC(=O)Nc3cc(C)nn3-c3ccccc3)n2C)cc1. The van der Waals surface area contributed by atoms with Gasteiger partial charge in [0, 0.05) is 13.1 Å². The van der Waals surface area contributed by atoms with E-state index in [2.05, 4.69) is 20.6 Å². The van der Waals surface area contributed by atoms with Crippen LogP contribution in [0.25, 0.3) is 5.69 Å². The zero-order chi connectivity index (χ0) is 23.2. The molecule has 33 heavy (non-hydrogen) atoms. The van der Waals surface area contributed by atoms with Crippen LogP contribution in [0, 0.1) is 6.92 Å². The number of thioether (sulfide) groups is 1. The van der Waals surface area contributed by atoms with Crippen molar-refractivity contribution >= 4 is 23.5 Å². The maximum Gasteiger partial charge on any atom is 0.236 e. The molecule has 9 nitrogen and oxygen atoms in total. The van der Waals surface area contributed by atoms with E-state index >= 15 is 0 Å². The van der Waals surface area contributed by atoms with Crippen LogP contribution in [0.3, 0.4) is 0 Å². The largest absolute Gasteiger partial charge is 0.497 e. The van der Waals surface area contributed by atoms with Crippen LogP contribution < -0.4 is 14.8 Å². The molecule has 1 amide bonds. The Morgan fingerprint density at radius 1 is 1.06 bits per heavy atom. The highest BCUT2D eigenvalue weighted by molar-refractivity contribution is 7.99. The van der Waals surface area contributed by atoms with E-state index in [1.165, 1.54) is 11.8 Å². The van der Waals surface area contributed by atoms with Gasteiger partial charge in [0.05, 0.1) is 24.2 Å². The van der Waals surface area contributed by atoms with Gasteiger partial charge in [-0.2, -0.15) is 5.10 Å². The maximum absolute atomic E-state index is 12.6. The van der Waals surface area contributed by atoms with E-state index in [-0.39, 0.29) is 18.3 Å². The van der Waals surface area contributed by atoms with Crippen LogP contribution in [0.2, 0.25) is 0 Å². The van der Waals surface area contributed by atoms with Crippen LogP contribution in [-0.4, -0.2) is 43.3 Å². The average Bonchev–Trinajstić information content (AvgIpc) is 3.38. The molecule has 0 aliphatic rings. The van der Waals surface area contributed by atoms with Crippen molar-refractivity contribution in [2.45, 2.75) is 18.7 Å². The first-order valence-corrected chi connectivity index (χ1v) is 11.2. The minimum Gasteiger partial charge on any atom is -0.497 e. The third-order valence-corrected chi connectivity index (χ3v) is 5.80. The Labute approximate surface area is 195 Å². The quantitative estimate of drug-likeness (QED) is 0.378. The summed E-state index contributed by atoms with van der Waals surface area (Å²) in [7, 11) is 3.47. The molecule has 0 saturated heterocycles. The molecule has 0 aliphatic carbocycles. The van der Waals surface area contributed by atoms with Crippen LogP contribution in [-0.2, 0) is 18.4 Å². The second-order valence-electron chi connectivity index (χ2n) is 7.18. The zero-order valence-corrected chi connectivity index (χ0v) is 19.4. The number of methoxy groups -OCH3 is 1. The van der Waals surface area contributed by atoms with E-state index in [9.17, 15) is 4.79 Å². The molecule has 10 heteroatoms. The van der Waals surface area contributed by atoms with Gasteiger partial charge in [-0.15, -0.1) is 10.2 Å². The van der Waals surface area contributed by atoms with Gasteiger partial charge in [-0.3, -0.25) is 4.79 Å². The van der Waals surface area contributed by atoms with Crippen molar-refractivity contribution in [2.75, 3.05) is 18.2 Å². The second kappa shape index (κ2) is 10.2. The number of rotatable bonds is 9. The van der Waals surface area contributed by atoms with Crippen LogP contribution in [0.15, 0.2) is 65.8 Å². The second-order valence-corrected chi connectivity index (χ2v) is 8.12. The predicted octanol–water partition coefficient (Wildman–Crippen LogP) is 3.63. The van der Waals surface area contributed by atoms with E-state index < -0.39 is 0 Å². The van der Waals surface area contributed by atoms with Gasteiger partial charge in [0.15, 0.2) is 11.0 Å². The van der Waals surface area contributed by atoms with Crippen LogP contribution in [0.1, 0.15) is 11.5 Å². The monoisotopic (exact) mass is 464 g/mol. The Morgan fingerprint density at radius 3 is 2.52 bits per heavy atom. The molecule has 4 rings (SSSR count). The molecule has 2 aromatic carbocycles. The lowest BCUT2D eigenvalue weighted by molar-refractivity contribution is -0.113. The summed E-state index contributed by atoms with van der Waals surface area (Å²) in [5, 5.41) is 16.4. The lowest BCUT2D eigenvalue weighted by Gasteiger charge is -2.09. The van der Waals surface area contributed by atoms with Crippen molar-refractivity contribution in [2.24, 2.45) is 7.05 Å². The molecule has 0 spiro atoms. The van der Waals surface area contributed by atoms with Crippen molar-refractivity contribution in [3.63, 3.8) is 0 Å². The van der Waals surface area contributed by atoms with E-state index in [1.54, 1.807) is 11.8 Å². The molecular formula is C23H24N6O3S. The fourth-order valence-electron chi connectivity index (χ4n) is 3.08. The van der Waals surface area contributed by atoms with E-state index in [0.29, 0.717) is 22.5 Å². The third-order valence-electron chi connectivity index (χ3n) is 4.78. The van der Waals surface area contributed by atoms with Crippen LogP contribution >= 0.6 is 11.8 Å². The number of aryl methyl sites for hydroxylation is 1. The van der Waals surface area contributed by atoms with Crippen molar-refractivity contribution in [3.05, 3.63) is 72.2 Å². The first-order chi connectivity index (χ1) is 16.0. The molecule has 170 valence electrons. The van der Waals surface area contributed by atoms with Gasteiger partial charge in [-0.25, -0.2) is 4.68 Å². The Kier molecular flexibility index (Phi) is 6.94. The summed E-state index contributed by atoms with van der Waals surface area (Å²) in [6.45, 7) is 2.15. The number of carbonyl (C=O) groups excluding carboxylic acids is 1. The molecule has 0 atom stereocenters. The average molecular weight is 465 g/mol. The maximum atomic E-state index is 12.6. The summed E-state index contributed by atoms with van der Waals surface area (Å²) in [6, 6.07) is 18.8. The van der Waals surface area contributed by atoms with Crippen LogP contribution in [0.4, 0.5) is 5.82 Å². The van der Waals surface area contributed by atoms with Gasteiger partial charge in [-0.05, 0) is 43.3 Å². The summed E-state index contributed by atoms with van der Waals surface area (Å²) in [6.07, 6.45) is 0. The fourth-order valence-corrected chi connectivity index (χ4v) is 3.81. The number of hydrogen-bond acceptors (Lipinski definition) is 7. The molecule has 0 unspecified atom stereocenters. The predicted molar refractivity (Wildman–Crippen MR) is 126 cm³/mol. The minimum absolute atomic E-state index is 0.156. The molecule has 2 heterocycles. The Morgan fingerprint density at radius 2 is 1.79 bits per heavy atom. The summed E-state index contributed by atoms with van der Waals surface area (Å²) in [5.74, 6) is 2.78. The molecule has 4 aromatic rings. The molecule has 0 radical (unpaired) electrons. The number of nitrogens with one attached hydrogen (secondary N) is 1. The molecule has 0 fully saturated rings. The number of hydrogen-bond donors (Lipinski definition) is 1. The number of nitrogens with zero attached hydrogens (tertiary/aromatic N) is 5. The lowest BCUT2D eigenvalue weighted by atomic mass is 10.3. The molecule has 0 saturated carbocycles. The van der Waals surface area contributed by atoms with Crippen LogP contribution in [0.5, 0.6) is 11.5 Å². The standard InChI is InChI=1S/C23H24N6O3S/c1-16-13-20(29(27-16)17-7-5-4-6-8-17)24-22(30)15-33-23-26-25-21(28(23)2)14-32-19-11-9-18(31-3)10-12-19/h4-13H,14-15H2,1-3H3,(H,24,30). The molecule has 0 aliphatic heterocycles. The van der Waals surface area contributed by atoms with Gasteiger partial charge >= 0.3 is 0 Å². The fraction of sp³-hybridized carbons (Fsp3) is 0.217. The van der Waals surface area contributed by atoms with E-state index in [4.69, 9.17) is 9.47 Å². The highest BCUT2D eigenvalue weighted by atomic mass is 32.2. The van der Waals surface area contributed by atoms with Gasteiger partial charge in [0.2, 0.25) is 5.91 Å². The third kappa shape index (κ3) is 5.53. The van der Waals surface area contributed by atoms with Crippen molar-refractivity contribution in [3.8, 4) is 17.2 Å². The molecule has 2 aromatic heterocycles. The van der Waals surface area contributed by atoms with Gasteiger partial charge < -0.3 is 19.4 Å². The topological polar surface area (TPSA) is 96.1 Å². The highest BCUT2D eigenvalue weighted by Gasteiger charge is 2.14. The van der Waals surface area contributed by atoms with Gasteiger partial charge in [0.1, 0.15) is 23.9 Å². The summed E-state index contributed by atoms with van der Waals surface area (Å²) < 4.78 is 14.5. The minimum atomic E-state index is -0.156.